The zero-order chi connectivity index (χ0) is 12.8. The molecule has 0 saturated heterocycles. The Balaban J connectivity index is 1.93. The molecule has 0 aromatic heterocycles. The number of carbonyl (C=O) groups excluding carboxylic acids is 1. The molecule has 92 valence electrons. The average molecular weight is 368 g/mol. The van der Waals surface area contributed by atoms with Gasteiger partial charge in [-0.15, -0.1) is 0 Å². The molecule has 1 nitrogen and oxygen atoms in total. The van der Waals surface area contributed by atoms with Crippen LogP contribution in [0.5, 0.6) is 0 Å². The number of carbonyl (C=O) groups is 1. The summed E-state index contributed by atoms with van der Waals surface area (Å²) in [5, 5.41) is 0. The Morgan fingerprint density at radius 1 is 1.00 bits per heavy atom. The number of alkyl halides is 1. The van der Waals surface area contributed by atoms with Crippen molar-refractivity contribution in [2.24, 2.45) is 0 Å². The van der Waals surface area contributed by atoms with Crippen molar-refractivity contribution in [2.75, 3.05) is 0 Å². The quantitative estimate of drug-likeness (QED) is 0.586. The normalized spacial score (nSPS) is 12.1. The Labute approximate surface area is 122 Å². The van der Waals surface area contributed by atoms with Gasteiger partial charge >= 0.3 is 122 Å². The first-order valence-electron chi connectivity index (χ1n) is 5.68. The van der Waals surface area contributed by atoms with Crippen LogP contribution in [0.1, 0.15) is 5.56 Å². The van der Waals surface area contributed by atoms with E-state index in [9.17, 15) is 4.79 Å². The van der Waals surface area contributed by atoms with E-state index in [0.717, 1.165) is 5.56 Å². The molecule has 3 heteroatoms. The summed E-state index contributed by atoms with van der Waals surface area (Å²) in [6.07, 6.45) is 0.505. The van der Waals surface area contributed by atoms with E-state index >= 15 is 0 Å². The predicted molar refractivity (Wildman–Crippen MR) is 79.7 cm³/mol. The van der Waals surface area contributed by atoms with Crippen LogP contribution in [-0.4, -0.2) is 24.5 Å². The van der Waals surface area contributed by atoms with Crippen molar-refractivity contribution in [3.63, 3.8) is 0 Å². The second-order valence-electron chi connectivity index (χ2n) is 3.88. The molecule has 18 heavy (non-hydrogen) atoms. The summed E-state index contributed by atoms with van der Waals surface area (Å²) in [5.41, 5.74) is 1.08. The molecule has 2 aromatic carbocycles. The Hall–Kier alpha value is -0.891. The van der Waals surface area contributed by atoms with Gasteiger partial charge in [-0.1, -0.05) is 0 Å². The molecule has 0 bridgehead atoms. The van der Waals surface area contributed by atoms with Crippen LogP contribution in [0.25, 0.3) is 0 Å². The van der Waals surface area contributed by atoms with Gasteiger partial charge in [-0.25, -0.2) is 0 Å². The first-order chi connectivity index (χ1) is 8.75. The first kappa shape index (κ1) is 13.5. The molecule has 0 aliphatic heterocycles. The summed E-state index contributed by atoms with van der Waals surface area (Å²) in [5.74, 6) is 0.255. The third kappa shape index (κ3) is 4.09. The third-order valence-corrected chi connectivity index (χ3v) is 6.07. The first-order valence-corrected chi connectivity index (χ1v) is 8.44. The fourth-order valence-electron chi connectivity index (χ4n) is 1.56. The number of Topliss-reactive ketones (excluding diaryl/α,β-unsaturated/α-hetero) is 1. The number of ketones is 1. The molecule has 0 amide bonds. The van der Waals surface area contributed by atoms with Crippen LogP contribution in [0.4, 0.5) is 0 Å². The van der Waals surface area contributed by atoms with Crippen molar-refractivity contribution in [3.05, 3.63) is 66.2 Å². The van der Waals surface area contributed by atoms with Crippen molar-refractivity contribution in [1.82, 2.24) is 0 Å². The maximum absolute atomic E-state index is 12.1. The molecular weight excluding hydrogens is 355 g/mol. The van der Waals surface area contributed by atoms with Crippen molar-refractivity contribution in [3.8, 4) is 0 Å². The Bertz CT molecular complexity index is 498. The monoisotopic (exact) mass is 368 g/mol. The second kappa shape index (κ2) is 6.89. The molecule has 0 aliphatic carbocycles. The molecule has 0 spiro atoms. The van der Waals surface area contributed by atoms with Crippen LogP contribution in [0.2, 0.25) is 0 Å². The van der Waals surface area contributed by atoms with Crippen molar-refractivity contribution >= 4 is 41.1 Å². The summed E-state index contributed by atoms with van der Waals surface area (Å²) in [6, 6.07) is 20.1. The van der Waals surface area contributed by atoms with E-state index in [1.807, 2.05) is 48.5 Å². The molecule has 0 saturated carbocycles. The number of hydrogen-bond acceptors (Lipinski definition) is 1. The van der Waals surface area contributed by atoms with Crippen LogP contribution >= 0.6 is 15.9 Å². The zero-order valence-corrected chi connectivity index (χ0v) is 13.1. The number of benzene rings is 2. The average Bonchev–Trinajstić information content (AvgIpc) is 2.41. The molecular formula is C15H13BrOSe. The van der Waals surface area contributed by atoms with Crippen molar-refractivity contribution in [1.29, 1.82) is 0 Å². The van der Waals surface area contributed by atoms with E-state index in [1.165, 1.54) is 4.46 Å². The van der Waals surface area contributed by atoms with E-state index in [0.29, 0.717) is 6.42 Å². The summed E-state index contributed by atoms with van der Waals surface area (Å²) in [7, 11) is 0. The van der Waals surface area contributed by atoms with Crippen molar-refractivity contribution < 1.29 is 4.79 Å². The van der Waals surface area contributed by atoms with Gasteiger partial charge in [-0.3, -0.25) is 0 Å². The predicted octanol–water partition coefficient (Wildman–Crippen LogP) is 2.55. The van der Waals surface area contributed by atoms with E-state index < -0.39 is 0 Å². The number of halogens is 1. The third-order valence-electron chi connectivity index (χ3n) is 2.46. The number of hydrogen-bond donors (Lipinski definition) is 0. The van der Waals surface area contributed by atoms with Crippen LogP contribution < -0.4 is 4.46 Å². The SMILES string of the molecule is O=C(Cc1ccccc1)C(Br)[Se]c1ccccc1. The van der Waals surface area contributed by atoms with E-state index in [-0.39, 0.29) is 24.5 Å². The molecule has 1 atom stereocenters. The fraction of sp³-hybridized carbons (Fsp3) is 0.133. The Morgan fingerprint density at radius 2 is 1.56 bits per heavy atom. The summed E-state index contributed by atoms with van der Waals surface area (Å²) in [4.78, 5) is 12.1. The molecule has 0 radical (unpaired) electrons. The van der Waals surface area contributed by atoms with E-state index in [2.05, 4.69) is 28.1 Å². The van der Waals surface area contributed by atoms with E-state index in [4.69, 9.17) is 0 Å². The van der Waals surface area contributed by atoms with Crippen LogP contribution in [-0.2, 0) is 11.2 Å². The van der Waals surface area contributed by atoms with Crippen LogP contribution in [0.3, 0.4) is 0 Å². The van der Waals surface area contributed by atoms with Gasteiger partial charge in [0.1, 0.15) is 0 Å². The molecule has 0 N–H and O–H groups in total. The zero-order valence-electron chi connectivity index (χ0n) is 9.75. The van der Waals surface area contributed by atoms with Gasteiger partial charge in [0.05, 0.1) is 0 Å². The Morgan fingerprint density at radius 3 is 2.17 bits per heavy atom. The summed E-state index contributed by atoms with van der Waals surface area (Å²) in [6.45, 7) is 0. The molecule has 0 heterocycles. The van der Waals surface area contributed by atoms with Gasteiger partial charge in [0, 0.05) is 0 Å². The molecule has 2 aromatic rings. The number of rotatable bonds is 5. The van der Waals surface area contributed by atoms with Crippen LogP contribution in [0.15, 0.2) is 60.7 Å². The summed E-state index contributed by atoms with van der Waals surface area (Å²) < 4.78 is 1.20. The van der Waals surface area contributed by atoms with Crippen molar-refractivity contribution in [2.45, 2.75) is 10.1 Å². The fourth-order valence-corrected chi connectivity index (χ4v) is 4.46. The second-order valence-corrected chi connectivity index (χ2v) is 8.63. The molecule has 0 aliphatic rings. The van der Waals surface area contributed by atoms with Gasteiger partial charge in [-0.05, 0) is 0 Å². The molecule has 0 fully saturated rings. The molecule has 2 rings (SSSR count). The van der Waals surface area contributed by atoms with Gasteiger partial charge in [0.2, 0.25) is 0 Å². The standard InChI is InChI=1S/C15H13BrOSe/c16-15(18-13-9-5-2-6-10-13)14(17)11-12-7-3-1-4-8-12/h1-10,15H,11H2. The summed E-state index contributed by atoms with van der Waals surface area (Å²) >= 11 is 3.66. The van der Waals surface area contributed by atoms with Gasteiger partial charge in [0.25, 0.3) is 0 Å². The maximum atomic E-state index is 12.1. The van der Waals surface area contributed by atoms with Crippen LogP contribution in [0, 0.1) is 0 Å². The minimum atomic E-state index is -0.0485. The van der Waals surface area contributed by atoms with Gasteiger partial charge in [-0.2, -0.15) is 0 Å². The Kier molecular flexibility index (Phi) is 5.18. The van der Waals surface area contributed by atoms with Gasteiger partial charge < -0.3 is 0 Å². The topological polar surface area (TPSA) is 17.1 Å². The van der Waals surface area contributed by atoms with E-state index in [1.54, 1.807) is 0 Å². The van der Waals surface area contributed by atoms with Gasteiger partial charge in [0.15, 0.2) is 0 Å². The molecule has 1 unspecified atom stereocenters. The minimum absolute atomic E-state index is 0.0485.